The minimum absolute atomic E-state index is 0.120. The summed E-state index contributed by atoms with van der Waals surface area (Å²) in [5.74, 6) is -0.259. The number of aromatic nitrogens is 2. The molecule has 6 nitrogen and oxygen atoms in total. The Bertz CT molecular complexity index is 1230. The second-order valence-corrected chi connectivity index (χ2v) is 7.32. The van der Waals surface area contributed by atoms with E-state index in [-0.39, 0.29) is 11.8 Å². The topological polar surface area (TPSA) is 66.7 Å². The number of benzene rings is 2. The SMILES string of the molecule is CC(=O)Nc1ccc(-c2cnc3ccc(C(=O)N(C)c4ccc(Cl)cc4)cn23)cc1. The van der Waals surface area contributed by atoms with Gasteiger partial charge in [-0.05, 0) is 48.5 Å². The van der Waals surface area contributed by atoms with E-state index < -0.39 is 0 Å². The zero-order valence-electron chi connectivity index (χ0n) is 16.5. The molecule has 0 fully saturated rings. The summed E-state index contributed by atoms with van der Waals surface area (Å²) in [6, 6.07) is 18.2. The number of anilines is 2. The van der Waals surface area contributed by atoms with E-state index in [9.17, 15) is 9.59 Å². The zero-order valence-corrected chi connectivity index (χ0v) is 17.2. The van der Waals surface area contributed by atoms with Crippen LogP contribution in [-0.2, 0) is 4.79 Å². The van der Waals surface area contributed by atoms with Crippen LogP contribution in [0.4, 0.5) is 11.4 Å². The van der Waals surface area contributed by atoms with Gasteiger partial charge in [0.25, 0.3) is 5.91 Å². The van der Waals surface area contributed by atoms with Crippen molar-refractivity contribution in [1.29, 1.82) is 0 Å². The molecule has 0 aliphatic heterocycles. The van der Waals surface area contributed by atoms with Gasteiger partial charge in [0.05, 0.1) is 17.5 Å². The minimum atomic E-state index is -0.139. The molecule has 0 saturated heterocycles. The maximum Gasteiger partial charge on any atom is 0.259 e. The molecule has 2 heterocycles. The van der Waals surface area contributed by atoms with E-state index >= 15 is 0 Å². The van der Waals surface area contributed by atoms with Crippen LogP contribution in [-0.4, -0.2) is 28.2 Å². The molecule has 0 spiro atoms. The Kier molecular flexibility index (Phi) is 5.25. The Morgan fingerprint density at radius 3 is 2.37 bits per heavy atom. The molecule has 7 heteroatoms. The molecule has 4 rings (SSSR count). The van der Waals surface area contributed by atoms with E-state index in [4.69, 9.17) is 11.6 Å². The summed E-state index contributed by atoms with van der Waals surface area (Å²) in [6.07, 6.45) is 3.55. The Morgan fingerprint density at radius 2 is 1.70 bits per heavy atom. The fraction of sp³-hybridized carbons (Fsp3) is 0.0870. The average Bonchev–Trinajstić information content (AvgIpc) is 3.16. The summed E-state index contributed by atoms with van der Waals surface area (Å²) in [4.78, 5) is 30.2. The summed E-state index contributed by atoms with van der Waals surface area (Å²) in [7, 11) is 1.73. The average molecular weight is 419 g/mol. The van der Waals surface area contributed by atoms with Crippen molar-refractivity contribution in [3.8, 4) is 11.3 Å². The number of carbonyl (C=O) groups is 2. The van der Waals surface area contributed by atoms with Crippen molar-refractivity contribution in [2.45, 2.75) is 6.92 Å². The summed E-state index contributed by atoms with van der Waals surface area (Å²) < 4.78 is 1.89. The predicted molar refractivity (Wildman–Crippen MR) is 119 cm³/mol. The highest BCUT2D eigenvalue weighted by atomic mass is 35.5. The van der Waals surface area contributed by atoms with Gasteiger partial charge in [-0.2, -0.15) is 0 Å². The second kappa shape index (κ2) is 8.00. The summed E-state index contributed by atoms with van der Waals surface area (Å²) >= 11 is 5.94. The van der Waals surface area contributed by atoms with E-state index in [0.717, 1.165) is 28.3 Å². The maximum absolute atomic E-state index is 13.0. The highest BCUT2D eigenvalue weighted by Gasteiger charge is 2.16. The Labute approximate surface area is 178 Å². The molecule has 0 unspecified atom stereocenters. The number of hydrogen-bond donors (Lipinski definition) is 1. The minimum Gasteiger partial charge on any atom is -0.326 e. The van der Waals surface area contributed by atoms with Crippen molar-refractivity contribution < 1.29 is 9.59 Å². The first kappa shape index (κ1) is 19.7. The predicted octanol–water partition coefficient (Wildman–Crippen LogP) is 4.89. The number of nitrogens with one attached hydrogen (secondary N) is 1. The van der Waals surface area contributed by atoms with Crippen LogP contribution in [0.15, 0.2) is 73.1 Å². The molecule has 2 aromatic carbocycles. The van der Waals surface area contributed by atoms with Crippen molar-refractivity contribution in [2.24, 2.45) is 0 Å². The molecule has 0 atom stereocenters. The molecule has 0 aliphatic rings. The Hall–Kier alpha value is -3.64. The van der Waals surface area contributed by atoms with Crippen LogP contribution >= 0.6 is 11.6 Å². The van der Waals surface area contributed by atoms with Crippen LogP contribution in [0.1, 0.15) is 17.3 Å². The highest BCUT2D eigenvalue weighted by molar-refractivity contribution is 6.30. The van der Waals surface area contributed by atoms with Crippen molar-refractivity contribution in [3.05, 3.63) is 83.6 Å². The number of amides is 2. The van der Waals surface area contributed by atoms with Gasteiger partial charge in [0, 0.05) is 42.1 Å². The fourth-order valence-electron chi connectivity index (χ4n) is 3.22. The van der Waals surface area contributed by atoms with Crippen LogP contribution in [0.2, 0.25) is 5.02 Å². The van der Waals surface area contributed by atoms with Gasteiger partial charge in [-0.3, -0.25) is 14.0 Å². The van der Waals surface area contributed by atoms with Crippen molar-refractivity contribution in [1.82, 2.24) is 9.38 Å². The van der Waals surface area contributed by atoms with Crippen LogP contribution in [0.3, 0.4) is 0 Å². The summed E-state index contributed by atoms with van der Waals surface area (Å²) in [5, 5.41) is 3.37. The fourth-order valence-corrected chi connectivity index (χ4v) is 3.35. The van der Waals surface area contributed by atoms with Crippen LogP contribution in [0.5, 0.6) is 0 Å². The molecule has 0 saturated carbocycles. The molecule has 0 radical (unpaired) electrons. The monoisotopic (exact) mass is 418 g/mol. The van der Waals surface area contributed by atoms with Crippen molar-refractivity contribution in [3.63, 3.8) is 0 Å². The van der Waals surface area contributed by atoms with Crippen LogP contribution < -0.4 is 10.2 Å². The van der Waals surface area contributed by atoms with Crippen LogP contribution in [0, 0.1) is 0 Å². The molecule has 0 bridgehead atoms. The molecular formula is C23H19ClN4O2. The third-order valence-corrected chi connectivity index (χ3v) is 5.02. The molecule has 2 amide bonds. The lowest BCUT2D eigenvalue weighted by molar-refractivity contribution is -0.114. The Balaban J connectivity index is 1.66. The Morgan fingerprint density at radius 1 is 1.00 bits per heavy atom. The lowest BCUT2D eigenvalue weighted by Gasteiger charge is -2.17. The van der Waals surface area contributed by atoms with E-state index in [1.165, 1.54) is 6.92 Å². The van der Waals surface area contributed by atoms with Gasteiger partial charge >= 0.3 is 0 Å². The van der Waals surface area contributed by atoms with E-state index in [2.05, 4.69) is 10.3 Å². The van der Waals surface area contributed by atoms with Gasteiger partial charge in [0.2, 0.25) is 5.91 Å². The number of rotatable bonds is 4. The first-order valence-electron chi connectivity index (χ1n) is 9.31. The zero-order chi connectivity index (χ0) is 21.3. The molecule has 2 aromatic heterocycles. The molecule has 4 aromatic rings. The molecule has 150 valence electrons. The first-order chi connectivity index (χ1) is 14.4. The quantitative estimate of drug-likeness (QED) is 0.513. The second-order valence-electron chi connectivity index (χ2n) is 6.89. The third kappa shape index (κ3) is 3.90. The molecule has 0 aliphatic carbocycles. The lowest BCUT2D eigenvalue weighted by atomic mass is 10.1. The van der Waals surface area contributed by atoms with Gasteiger partial charge in [-0.25, -0.2) is 4.98 Å². The third-order valence-electron chi connectivity index (χ3n) is 4.77. The standard InChI is InChI=1S/C23H19ClN4O2/c1-15(29)26-19-8-3-16(4-9-19)21-13-25-22-12-5-17(14-28(21)22)23(30)27(2)20-10-6-18(24)7-11-20/h3-14H,1-2H3,(H,26,29). The lowest BCUT2D eigenvalue weighted by Crippen LogP contribution is -2.26. The van der Waals surface area contributed by atoms with E-state index in [1.807, 2.05) is 34.7 Å². The van der Waals surface area contributed by atoms with Gasteiger partial charge in [-0.1, -0.05) is 23.7 Å². The van der Waals surface area contributed by atoms with Crippen molar-refractivity contribution in [2.75, 3.05) is 17.3 Å². The number of halogens is 1. The van der Waals surface area contributed by atoms with Crippen molar-refractivity contribution >= 4 is 40.4 Å². The van der Waals surface area contributed by atoms with Gasteiger partial charge in [-0.15, -0.1) is 0 Å². The van der Waals surface area contributed by atoms with E-state index in [1.54, 1.807) is 54.7 Å². The normalized spacial score (nSPS) is 10.8. The number of fused-ring (bicyclic) bond motifs is 1. The number of hydrogen-bond acceptors (Lipinski definition) is 3. The maximum atomic E-state index is 13.0. The largest absolute Gasteiger partial charge is 0.326 e. The van der Waals surface area contributed by atoms with Gasteiger partial charge < -0.3 is 10.2 Å². The van der Waals surface area contributed by atoms with Crippen LogP contribution in [0.25, 0.3) is 16.9 Å². The molecule has 30 heavy (non-hydrogen) atoms. The molecular weight excluding hydrogens is 400 g/mol. The first-order valence-corrected chi connectivity index (χ1v) is 9.69. The number of pyridine rings is 1. The summed E-state index contributed by atoms with van der Waals surface area (Å²) in [5.41, 5.74) is 4.52. The van der Waals surface area contributed by atoms with E-state index in [0.29, 0.717) is 10.6 Å². The number of imidazole rings is 1. The summed E-state index contributed by atoms with van der Waals surface area (Å²) in [6.45, 7) is 1.47. The van der Waals surface area contributed by atoms with Gasteiger partial charge in [0.15, 0.2) is 0 Å². The smallest absolute Gasteiger partial charge is 0.259 e. The number of nitrogens with zero attached hydrogens (tertiary/aromatic N) is 3. The highest BCUT2D eigenvalue weighted by Crippen LogP contribution is 2.24. The molecule has 1 N–H and O–H groups in total. The number of carbonyl (C=O) groups excluding carboxylic acids is 2. The van der Waals surface area contributed by atoms with Gasteiger partial charge in [0.1, 0.15) is 5.65 Å².